The summed E-state index contributed by atoms with van der Waals surface area (Å²) in [7, 11) is 0. The van der Waals surface area contributed by atoms with Crippen molar-refractivity contribution in [3.63, 3.8) is 0 Å². The normalized spacial score (nSPS) is 12.9. The second kappa shape index (κ2) is 7.74. The van der Waals surface area contributed by atoms with Crippen molar-refractivity contribution < 1.29 is 0 Å². The van der Waals surface area contributed by atoms with Gasteiger partial charge in [-0.1, -0.05) is 13.8 Å². The fraction of sp³-hybridized carbons (Fsp3) is 0.750. The average Bonchev–Trinajstić information content (AvgIpc) is 2.72. The molecule has 92 valence electrons. The minimum atomic E-state index is 0.744. The van der Waals surface area contributed by atoms with Gasteiger partial charge in [0.05, 0.1) is 5.69 Å². The van der Waals surface area contributed by atoms with Crippen LogP contribution in [0, 0.1) is 0 Å². The van der Waals surface area contributed by atoms with Gasteiger partial charge in [0.15, 0.2) is 0 Å². The molecule has 1 aromatic rings. The molecule has 1 N–H and O–H groups in total. The molecule has 1 heterocycles. The van der Waals surface area contributed by atoms with Crippen LogP contribution >= 0.6 is 11.8 Å². The number of nitrogens with one attached hydrogen (secondary N) is 1. The molecule has 0 aliphatic heterocycles. The van der Waals surface area contributed by atoms with Crippen molar-refractivity contribution in [1.82, 2.24) is 15.1 Å². The molecule has 0 saturated heterocycles. The van der Waals surface area contributed by atoms with Gasteiger partial charge in [-0.3, -0.25) is 4.68 Å². The molecule has 1 rings (SSSR count). The summed E-state index contributed by atoms with van der Waals surface area (Å²) in [5, 5.41) is 8.53. The van der Waals surface area contributed by atoms with Gasteiger partial charge in [-0.05, 0) is 31.7 Å². The summed E-state index contributed by atoms with van der Waals surface area (Å²) >= 11 is 1.93. The topological polar surface area (TPSA) is 29.9 Å². The van der Waals surface area contributed by atoms with Crippen LogP contribution in [0.25, 0.3) is 0 Å². The van der Waals surface area contributed by atoms with Gasteiger partial charge in [-0.2, -0.15) is 16.9 Å². The third kappa shape index (κ3) is 4.58. The van der Waals surface area contributed by atoms with Gasteiger partial charge >= 0.3 is 0 Å². The zero-order chi connectivity index (χ0) is 11.8. The zero-order valence-corrected chi connectivity index (χ0v) is 11.4. The van der Waals surface area contributed by atoms with E-state index < -0.39 is 0 Å². The maximum absolute atomic E-state index is 4.31. The molecule has 0 fully saturated rings. The molecule has 16 heavy (non-hydrogen) atoms. The molecule has 1 aromatic heterocycles. The van der Waals surface area contributed by atoms with E-state index in [9.17, 15) is 0 Å². The molecule has 1 atom stereocenters. The van der Waals surface area contributed by atoms with Crippen LogP contribution in [0.4, 0.5) is 0 Å². The standard InChI is InChI=1S/C12H23N3S/c1-4-9-15-12(6-8-14-15)10-13-7-5-11(2)16-3/h6,8,11,13H,4-5,7,9-10H2,1-3H3. The summed E-state index contributed by atoms with van der Waals surface area (Å²) in [5.41, 5.74) is 1.29. The Bertz CT molecular complexity index is 286. The van der Waals surface area contributed by atoms with Crippen molar-refractivity contribution in [2.24, 2.45) is 0 Å². The van der Waals surface area contributed by atoms with E-state index in [-0.39, 0.29) is 0 Å². The Morgan fingerprint density at radius 3 is 3.06 bits per heavy atom. The molecule has 0 amide bonds. The number of hydrogen-bond donors (Lipinski definition) is 1. The van der Waals surface area contributed by atoms with Crippen molar-refractivity contribution in [3.8, 4) is 0 Å². The lowest BCUT2D eigenvalue weighted by Gasteiger charge is -2.10. The first-order chi connectivity index (χ1) is 7.77. The van der Waals surface area contributed by atoms with Crippen molar-refractivity contribution in [3.05, 3.63) is 18.0 Å². The zero-order valence-electron chi connectivity index (χ0n) is 10.6. The van der Waals surface area contributed by atoms with E-state index in [1.165, 1.54) is 12.1 Å². The van der Waals surface area contributed by atoms with Gasteiger partial charge in [0.25, 0.3) is 0 Å². The third-order valence-electron chi connectivity index (χ3n) is 2.68. The number of thioether (sulfide) groups is 1. The SMILES string of the molecule is CCCn1nccc1CNCCC(C)SC. The molecule has 0 aliphatic rings. The van der Waals surface area contributed by atoms with Crippen LogP contribution in [0.1, 0.15) is 32.4 Å². The monoisotopic (exact) mass is 241 g/mol. The van der Waals surface area contributed by atoms with Crippen molar-refractivity contribution in [2.75, 3.05) is 12.8 Å². The third-order valence-corrected chi connectivity index (χ3v) is 3.72. The van der Waals surface area contributed by atoms with Gasteiger partial charge in [0, 0.05) is 24.5 Å². The van der Waals surface area contributed by atoms with Gasteiger partial charge in [-0.25, -0.2) is 0 Å². The van der Waals surface area contributed by atoms with Crippen molar-refractivity contribution in [2.45, 2.75) is 45.0 Å². The lowest BCUT2D eigenvalue weighted by molar-refractivity contribution is 0.545. The van der Waals surface area contributed by atoms with Crippen LogP contribution in [0.3, 0.4) is 0 Å². The van der Waals surface area contributed by atoms with E-state index in [1.807, 2.05) is 18.0 Å². The van der Waals surface area contributed by atoms with E-state index in [4.69, 9.17) is 0 Å². The summed E-state index contributed by atoms with van der Waals surface area (Å²) < 4.78 is 2.09. The first kappa shape index (κ1) is 13.6. The number of aromatic nitrogens is 2. The molecule has 0 aliphatic carbocycles. The van der Waals surface area contributed by atoms with Crippen molar-refractivity contribution in [1.29, 1.82) is 0 Å². The number of hydrogen-bond acceptors (Lipinski definition) is 3. The van der Waals surface area contributed by atoms with Crippen LogP contribution in [-0.2, 0) is 13.1 Å². The Balaban J connectivity index is 2.23. The fourth-order valence-electron chi connectivity index (χ4n) is 1.56. The first-order valence-electron chi connectivity index (χ1n) is 6.02. The Morgan fingerprint density at radius 2 is 2.38 bits per heavy atom. The molecule has 0 bridgehead atoms. The highest BCUT2D eigenvalue weighted by atomic mass is 32.2. The summed E-state index contributed by atoms with van der Waals surface area (Å²) in [4.78, 5) is 0. The highest BCUT2D eigenvalue weighted by Gasteiger charge is 2.02. The molecule has 0 spiro atoms. The minimum absolute atomic E-state index is 0.744. The summed E-state index contributed by atoms with van der Waals surface area (Å²) in [6, 6.07) is 2.10. The van der Waals surface area contributed by atoms with Crippen LogP contribution in [0.2, 0.25) is 0 Å². The Hall–Kier alpha value is -0.480. The van der Waals surface area contributed by atoms with E-state index >= 15 is 0 Å². The molecular formula is C12H23N3S. The van der Waals surface area contributed by atoms with Gasteiger partial charge < -0.3 is 5.32 Å². The molecule has 0 radical (unpaired) electrons. The van der Waals surface area contributed by atoms with Gasteiger partial charge in [-0.15, -0.1) is 0 Å². The molecule has 4 heteroatoms. The second-order valence-corrected chi connectivity index (χ2v) is 5.33. The van der Waals surface area contributed by atoms with E-state index in [0.29, 0.717) is 0 Å². The molecule has 0 saturated carbocycles. The number of aryl methyl sites for hydroxylation is 1. The average molecular weight is 241 g/mol. The van der Waals surface area contributed by atoms with E-state index in [1.54, 1.807) is 0 Å². The van der Waals surface area contributed by atoms with Crippen LogP contribution in [-0.4, -0.2) is 27.8 Å². The second-order valence-electron chi connectivity index (χ2n) is 4.06. The van der Waals surface area contributed by atoms with Gasteiger partial charge in [0.1, 0.15) is 0 Å². The predicted molar refractivity (Wildman–Crippen MR) is 71.8 cm³/mol. The van der Waals surface area contributed by atoms with E-state index in [2.05, 4.69) is 41.3 Å². The first-order valence-corrected chi connectivity index (χ1v) is 7.31. The largest absolute Gasteiger partial charge is 0.311 e. The molecule has 0 aromatic carbocycles. The van der Waals surface area contributed by atoms with Crippen LogP contribution < -0.4 is 5.32 Å². The quantitative estimate of drug-likeness (QED) is 0.709. The highest BCUT2D eigenvalue weighted by molar-refractivity contribution is 7.99. The minimum Gasteiger partial charge on any atom is -0.311 e. The molecular weight excluding hydrogens is 218 g/mol. The van der Waals surface area contributed by atoms with Crippen LogP contribution in [0.15, 0.2) is 12.3 Å². The number of nitrogens with zero attached hydrogens (tertiary/aromatic N) is 2. The number of rotatable bonds is 8. The summed E-state index contributed by atoms with van der Waals surface area (Å²) in [6.07, 6.45) is 6.42. The lowest BCUT2D eigenvalue weighted by Crippen LogP contribution is -2.20. The van der Waals surface area contributed by atoms with Crippen LogP contribution in [0.5, 0.6) is 0 Å². The fourth-order valence-corrected chi connectivity index (χ4v) is 1.92. The molecule has 3 nitrogen and oxygen atoms in total. The van der Waals surface area contributed by atoms with E-state index in [0.717, 1.165) is 31.3 Å². The maximum atomic E-state index is 4.31. The lowest BCUT2D eigenvalue weighted by atomic mass is 10.3. The maximum Gasteiger partial charge on any atom is 0.0522 e. The highest BCUT2D eigenvalue weighted by Crippen LogP contribution is 2.08. The Kier molecular flexibility index (Phi) is 6.57. The van der Waals surface area contributed by atoms with Gasteiger partial charge in [0.2, 0.25) is 0 Å². The Labute approximate surface area is 103 Å². The molecule has 1 unspecified atom stereocenters. The smallest absolute Gasteiger partial charge is 0.0522 e. The van der Waals surface area contributed by atoms with Crippen molar-refractivity contribution >= 4 is 11.8 Å². The summed E-state index contributed by atoms with van der Waals surface area (Å²) in [5.74, 6) is 0. The predicted octanol–water partition coefficient (Wildman–Crippen LogP) is 2.52. The summed E-state index contributed by atoms with van der Waals surface area (Å²) in [6.45, 7) is 7.48. The Morgan fingerprint density at radius 1 is 1.56 bits per heavy atom.